The van der Waals surface area contributed by atoms with E-state index in [9.17, 15) is 4.79 Å². The van der Waals surface area contributed by atoms with Crippen molar-refractivity contribution in [2.45, 2.75) is 43.8 Å². The van der Waals surface area contributed by atoms with Gasteiger partial charge in [0.1, 0.15) is 0 Å². The summed E-state index contributed by atoms with van der Waals surface area (Å²) >= 11 is 1.82. The number of carbonyl (C=O) groups is 1. The lowest BCUT2D eigenvalue weighted by Gasteiger charge is -2.18. The van der Waals surface area contributed by atoms with Crippen molar-refractivity contribution in [2.24, 2.45) is 5.73 Å². The quantitative estimate of drug-likeness (QED) is 0.836. The van der Waals surface area contributed by atoms with Gasteiger partial charge < -0.3 is 11.1 Å². The van der Waals surface area contributed by atoms with Crippen LogP contribution in [-0.4, -0.2) is 17.2 Å². The summed E-state index contributed by atoms with van der Waals surface area (Å²) < 4.78 is 0.191. The zero-order valence-electron chi connectivity index (χ0n) is 11.9. The molecule has 1 amide bonds. The van der Waals surface area contributed by atoms with E-state index in [0.717, 1.165) is 11.3 Å². The summed E-state index contributed by atoms with van der Waals surface area (Å²) in [5.41, 5.74) is 7.30. The smallest absolute Gasteiger partial charge is 0.225 e. The maximum atomic E-state index is 11.5. The molecule has 0 saturated carbocycles. The molecule has 1 rings (SSSR count). The highest BCUT2D eigenvalue weighted by molar-refractivity contribution is 8.00. The molecule has 3 nitrogen and oxygen atoms in total. The molecule has 0 aromatic heterocycles. The molecule has 0 fully saturated rings. The molecule has 0 aliphatic heterocycles. The van der Waals surface area contributed by atoms with Crippen LogP contribution < -0.4 is 11.1 Å². The minimum atomic E-state index is -0.0307. The molecule has 0 unspecified atom stereocenters. The van der Waals surface area contributed by atoms with Crippen molar-refractivity contribution in [1.29, 1.82) is 0 Å². The Morgan fingerprint density at radius 3 is 2.47 bits per heavy atom. The van der Waals surface area contributed by atoms with E-state index in [1.54, 1.807) is 0 Å². The number of amides is 1. The van der Waals surface area contributed by atoms with Crippen LogP contribution in [0, 0.1) is 6.92 Å². The summed E-state index contributed by atoms with van der Waals surface area (Å²) in [4.78, 5) is 12.7. The zero-order chi connectivity index (χ0) is 13.8. The Labute approximate surface area is 126 Å². The molecule has 3 N–H and O–H groups in total. The van der Waals surface area contributed by atoms with Gasteiger partial charge >= 0.3 is 0 Å². The second kappa shape index (κ2) is 7.78. The summed E-state index contributed by atoms with van der Waals surface area (Å²) in [6.07, 6.45) is 0.359. The van der Waals surface area contributed by atoms with Crippen LogP contribution in [0.4, 0.5) is 5.69 Å². The second-order valence-electron chi connectivity index (χ2n) is 5.28. The lowest BCUT2D eigenvalue weighted by Crippen LogP contribution is -2.16. The maximum Gasteiger partial charge on any atom is 0.225 e. The van der Waals surface area contributed by atoms with Crippen molar-refractivity contribution in [1.82, 2.24) is 0 Å². The molecule has 0 saturated heterocycles. The van der Waals surface area contributed by atoms with Gasteiger partial charge in [0.05, 0.1) is 0 Å². The van der Waals surface area contributed by atoms with Crippen molar-refractivity contribution in [3.8, 4) is 0 Å². The van der Waals surface area contributed by atoms with Gasteiger partial charge in [-0.2, -0.15) is 0 Å². The normalized spacial score (nSPS) is 10.8. The third kappa shape index (κ3) is 6.85. The van der Waals surface area contributed by atoms with Gasteiger partial charge in [-0.3, -0.25) is 4.79 Å². The van der Waals surface area contributed by atoms with Crippen molar-refractivity contribution < 1.29 is 4.79 Å². The predicted molar refractivity (Wildman–Crippen MR) is 86.3 cm³/mol. The molecular weight excluding hydrogens is 280 g/mol. The minimum Gasteiger partial charge on any atom is -0.330 e. The first kappa shape index (κ1) is 18.3. The number of anilines is 1. The summed E-state index contributed by atoms with van der Waals surface area (Å²) in [5, 5.41) is 2.87. The van der Waals surface area contributed by atoms with E-state index >= 15 is 0 Å². The van der Waals surface area contributed by atoms with Gasteiger partial charge in [0.25, 0.3) is 0 Å². The SMILES string of the molecule is Cc1cc(SC(C)(C)C)ccc1NC(=O)CCN.Cl. The molecule has 0 aliphatic carbocycles. The fraction of sp³-hybridized carbons (Fsp3) is 0.500. The monoisotopic (exact) mass is 302 g/mol. The van der Waals surface area contributed by atoms with E-state index in [-0.39, 0.29) is 23.1 Å². The number of hydrogen-bond donors (Lipinski definition) is 2. The second-order valence-corrected chi connectivity index (χ2v) is 7.18. The zero-order valence-corrected chi connectivity index (χ0v) is 13.6. The largest absolute Gasteiger partial charge is 0.330 e. The first-order chi connectivity index (χ1) is 8.31. The van der Waals surface area contributed by atoms with Gasteiger partial charge in [-0.1, -0.05) is 20.8 Å². The highest BCUT2D eigenvalue weighted by atomic mass is 35.5. The van der Waals surface area contributed by atoms with Gasteiger partial charge in [0.2, 0.25) is 5.91 Å². The Morgan fingerprint density at radius 2 is 2.00 bits per heavy atom. The van der Waals surface area contributed by atoms with Crippen molar-refractivity contribution in [2.75, 3.05) is 11.9 Å². The topological polar surface area (TPSA) is 55.1 Å². The molecule has 0 radical (unpaired) electrons. The van der Waals surface area contributed by atoms with Crippen LogP contribution >= 0.6 is 24.2 Å². The van der Waals surface area contributed by atoms with Crippen LogP contribution in [0.15, 0.2) is 23.1 Å². The van der Waals surface area contributed by atoms with E-state index in [2.05, 4.69) is 32.2 Å². The van der Waals surface area contributed by atoms with Gasteiger partial charge in [-0.25, -0.2) is 0 Å². The fourth-order valence-electron chi connectivity index (χ4n) is 1.54. The highest BCUT2D eigenvalue weighted by Gasteiger charge is 2.13. The Balaban J connectivity index is 0.00000324. The Kier molecular flexibility index (Phi) is 7.49. The lowest BCUT2D eigenvalue weighted by molar-refractivity contribution is -0.116. The minimum absolute atomic E-state index is 0. The molecule has 19 heavy (non-hydrogen) atoms. The standard InChI is InChI=1S/C14H22N2OS.ClH/c1-10-9-11(18-14(2,3)4)5-6-12(10)16-13(17)7-8-15;/h5-6,9H,7-8,15H2,1-4H3,(H,16,17);1H. The molecule has 0 spiro atoms. The highest BCUT2D eigenvalue weighted by Crippen LogP contribution is 2.33. The molecule has 5 heteroatoms. The van der Waals surface area contributed by atoms with E-state index in [0.29, 0.717) is 13.0 Å². The molecule has 108 valence electrons. The number of nitrogens with one attached hydrogen (secondary N) is 1. The number of aryl methyl sites for hydroxylation is 1. The number of nitrogens with two attached hydrogens (primary N) is 1. The molecule has 0 aliphatic rings. The Bertz CT molecular complexity index is 430. The van der Waals surface area contributed by atoms with E-state index in [1.807, 2.05) is 30.8 Å². The number of rotatable bonds is 4. The number of carbonyl (C=O) groups excluding carboxylic acids is 1. The van der Waals surface area contributed by atoms with Crippen LogP contribution in [0.25, 0.3) is 0 Å². The summed E-state index contributed by atoms with van der Waals surface area (Å²) in [5.74, 6) is -0.0307. The number of hydrogen-bond acceptors (Lipinski definition) is 3. The van der Waals surface area contributed by atoms with Crippen LogP contribution in [0.3, 0.4) is 0 Å². The summed E-state index contributed by atoms with van der Waals surface area (Å²) in [6.45, 7) is 8.94. The van der Waals surface area contributed by atoms with Crippen LogP contribution in [0.2, 0.25) is 0 Å². The van der Waals surface area contributed by atoms with Gasteiger partial charge in [0.15, 0.2) is 0 Å². The molecule has 0 bridgehead atoms. The van der Waals surface area contributed by atoms with Gasteiger partial charge in [-0.05, 0) is 30.7 Å². The maximum absolute atomic E-state index is 11.5. The van der Waals surface area contributed by atoms with Crippen LogP contribution in [0.1, 0.15) is 32.8 Å². The fourth-order valence-corrected chi connectivity index (χ4v) is 2.62. The van der Waals surface area contributed by atoms with Crippen LogP contribution in [-0.2, 0) is 4.79 Å². The molecular formula is C14H23ClN2OS. The van der Waals surface area contributed by atoms with Crippen molar-refractivity contribution in [3.63, 3.8) is 0 Å². The number of benzene rings is 1. The summed E-state index contributed by atoms with van der Waals surface area (Å²) in [7, 11) is 0. The average Bonchev–Trinajstić information content (AvgIpc) is 2.20. The third-order valence-corrected chi connectivity index (χ3v) is 3.37. The number of thioether (sulfide) groups is 1. The predicted octanol–water partition coefficient (Wildman–Crippen LogP) is 3.59. The van der Waals surface area contributed by atoms with E-state index in [4.69, 9.17) is 5.73 Å². The Morgan fingerprint density at radius 1 is 1.37 bits per heavy atom. The lowest BCUT2D eigenvalue weighted by atomic mass is 10.2. The van der Waals surface area contributed by atoms with Gasteiger partial charge in [-0.15, -0.1) is 24.2 Å². The number of halogens is 1. The van der Waals surface area contributed by atoms with E-state index in [1.165, 1.54) is 4.90 Å². The average molecular weight is 303 g/mol. The van der Waals surface area contributed by atoms with Crippen LogP contribution in [0.5, 0.6) is 0 Å². The Hall–Kier alpha value is -0.710. The van der Waals surface area contributed by atoms with Crippen molar-refractivity contribution in [3.05, 3.63) is 23.8 Å². The van der Waals surface area contributed by atoms with E-state index < -0.39 is 0 Å². The molecule has 1 aromatic rings. The molecule has 1 aromatic carbocycles. The first-order valence-electron chi connectivity index (χ1n) is 6.11. The summed E-state index contributed by atoms with van der Waals surface area (Å²) in [6, 6.07) is 6.10. The first-order valence-corrected chi connectivity index (χ1v) is 6.93. The van der Waals surface area contributed by atoms with Crippen molar-refractivity contribution >= 4 is 35.8 Å². The molecule has 0 atom stereocenters. The molecule has 0 heterocycles. The van der Waals surface area contributed by atoms with Gasteiger partial charge in [0, 0.05) is 28.3 Å². The third-order valence-electron chi connectivity index (χ3n) is 2.27.